The SMILES string of the molecule is CCC(C(=O)NCC(C)C)N(Cc1ccccc1C)C(=O)CN(c1cc(C(F)(F)F)ccc1Cl)S(=O)(=O)c1ccccc1. The third-order valence-electron chi connectivity index (χ3n) is 6.82. The summed E-state index contributed by atoms with van der Waals surface area (Å²) in [5, 5.41) is 2.53. The van der Waals surface area contributed by atoms with Crippen molar-refractivity contribution in [2.45, 2.75) is 57.8 Å². The van der Waals surface area contributed by atoms with E-state index < -0.39 is 51.9 Å². The molecular formula is C31H35ClF3N3O4S. The minimum Gasteiger partial charge on any atom is -0.354 e. The lowest BCUT2D eigenvalue weighted by atomic mass is 10.1. The molecule has 0 bridgehead atoms. The topological polar surface area (TPSA) is 86.8 Å². The van der Waals surface area contributed by atoms with Crippen LogP contribution in [0.25, 0.3) is 0 Å². The maximum absolute atomic E-state index is 14.1. The van der Waals surface area contributed by atoms with Crippen LogP contribution in [0.4, 0.5) is 18.9 Å². The van der Waals surface area contributed by atoms with E-state index in [-0.39, 0.29) is 28.8 Å². The second kappa shape index (κ2) is 14.3. The van der Waals surface area contributed by atoms with E-state index in [1.807, 2.05) is 32.9 Å². The summed E-state index contributed by atoms with van der Waals surface area (Å²) in [6.07, 6.45) is -4.60. The summed E-state index contributed by atoms with van der Waals surface area (Å²) >= 11 is 6.30. The summed E-state index contributed by atoms with van der Waals surface area (Å²) in [6, 6.07) is 15.6. The van der Waals surface area contributed by atoms with Crippen LogP contribution >= 0.6 is 11.6 Å². The molecule has 0 aliphatic heterocycles. The molecule has 0 aromatic heterocycles. The van der Waals surface area contributed by atoms with Crippen LogP contribution in [0.2, 0.25) is 5.02 Å². The largest absolute Gasteiger partial charge is 0.416 e. The number of nitrogens with zero attached hydrogens (tertiary/aromatic N) is 2. The number of alkyl halides is 3. The lowest BCUT2D eigenvalue weighted by Crippen LogP contribution is -2.52. The lowest BCUT2D eigenvalue weighted by Gasteiger charge is -2.34. The molecule has 0 heterocycles. The van der Waals surface area contributed by atoms with Crippen molar-refractivity contribution >= 4 is 39.1 Å². The number of anilines is 1. The van der Waals surface area contributed by atoms with Gasteiger partial charge in [-0.2, -0.15) is 13.2 Å². The zero-order valence-electron chi connectivity index (χ0n) is 24.4. The van der Waals surface area contributed by atoms with E-state index in [1.54, 1.807) is 25.1 Å². The van der Waals surface area contributed by atoms with E-state index in [1.165, 1.54) is 29.2 Å². The molecule has 1 unspecified atom stereocenters. The molecule has 0 saturated carbocycles. The molecular weight excluding hydrogens is 603 g/mol. The van der Waals surface area contributed by atoms with Crippen molar-refractivity contribution in [2.75, 3.05) is 17.4 Å². The third kappa shape index (κ3) is 8.51. The Morgan fingerprint density at radius 1 is 0.977 bits per heavy atom. The second-order valence-electron chi connectivity index (χ2n) is 10.5. The van der Waals surface area contributed by atoms with Gasteiger partial charge in [0.05, 0.1) is 21.2 Å². The zero-order chi connectivity index (χ0) is 31.9. The summed E-state index contributed by atoms with van der Waals surface area (Å²) in [4.78, 5) is 28.5. The fourth-order valence-corrected chi connectivity index (χ4v) is 6.14. The standard InChI is InChI=1S/C31H35ClF3N3O4S/c1-5-27(30(40)36-18-21(2)3)37(19-23-12-10-9-11-22(23)4)29(39)20-38(43(41,42)25-13-7-6-8-14-25)28-17-24(31(33,34)35)15-16-26(28)32/h6-17,21,27H,5,18-20H2,1-4H3,(H,36,40). The number of amides is 2. The summed E-state index contributed by atoms with van der Waals surface area (Å²) in [5.74, 6) is -1.08. The minimum atomic E-state index is -4.80. The van der Waals surface area contributed by atoms with Gasteiger partial charge in [0.2, 0.25) is 11.8 Å². The first-order valence-electron chi connectivity index (χ1n) is 13.7. The maximum Gasteiger partial charge on any atom is 0.416 e. The lowest BCUT2D eigenvalue weighted by molar-refractivity contribution is -0.140. The van der Waals surface area contributed by atoms with Crippen LogP contribution < -0.4 is 9.62 Å². The molecule has 0 spiro atoms. The van der Waals surface area contributed by atoms with Gasteiger partial charge in [-0.1, -0.05) is 74.8 Å². The Morgan fingerprint density at radius 3 is 2.19 bits per heavy atom. The van der Waals surface area contributed by atoms with E-state index >= 15 is 0 Å². The summed E-state index contributed by atoms with van der Waals surface area (Å²) in [5.41, 5.74) is -0.0846. The van der Waals surface area contributed by atoms with Gasteiger partial charge >= 0.3 is 6.18 Å². The number of hydrogen-bond donors (Lipinski definition) is 1. The van der Waals surface area contributed by atoms with E-state index in [2.05, 4.69) is 5.32 Å². The Morgan fingerprint density at radius 2 is 1.60 bits per heavy atom. The number of rotatable bonds is 12. The molecule has 2 amide bonds. The second-order valence-corrected chi connectivity index (χ2v) is 12.8. The van der Waals surface area contributed by atoms with Crippen molar-refractivity contribution in [3.8, 4) is 0 Å². The van der Waals surface area contributed by atoms with Gasteiger partial charge in [0, 0.05) is 13.1 Å². The van der Waals surface area contributed by atoms with Crippen molar-refractivity contribution < 1.29 is 31.2 Å². The highest BCUT2D eigenvalue weighted by Crippen LogP contribution is 2.37. The van der Waals surface area contributed by atoms with Crippen LogP contribution in [-0.4, -0.2) is 44.3 Å². The normalized spacial score (nSPS) is 12.6. The number of halogens is 4. The summed E-state index contributed by atoms with van der Waals surface area (Å²) < 4.78 is 69.5. The van der Waals surface area contributed by atoms with Crippen molar-refractivity contribution in [3.05, 3.63) is 94.5 Å². The highest BCUT2D eigenvalue weighted by molar-refractivity contribution is 7.92. The first-order chi connectivity index (χ1) is 20.2. The van der Waals surface area contributed by atoms with Crippen LogP contribution in [0.1, 0.15) is 43.9 Å². The van der Waals surface area contributed by atoms with Crippen LogP contribution in [0.5, 0.6) is 0 Å². The molecule has 3 aromatic carbocycles. The Kier molecular flexibility index (Phi) is 11.3. The van der Waals surface area contributed by atoms with Gasteiger partial charge in [0.25, 0.3) is 10.0 Å². The molecule has 1 atom stereocenters. The van der Waals surface area contributed by atoms with Gasteiger partial charge < -0.3 is 10.2 Å². The number of carbonyl (C=O) groups excluding carboxylic acids is 2. The Balaban J connectivity index is 2.15. The zero-order valence-corrected chi connectivity index (χ0v) is 25.9. The molecule has 0 saturated heterocycles. The van der Waals surface area contributed by atoms with Crippen LogP contribution in [0, 0.1) is 12.8 Å². The molecule has 0 fully saturated rings. The molecule has 0 aliphatic carbocycles. The van der Waals surface area contributed by atoms with E-state index in [4.69, 9.17) is 11.6 Å². The van der Waals surface area contributed by atoms with Gasteiger partial charge in [0.15, 0.2) is 0 Å². The average molecular weight is 638 g/mol. The number of aryl methyl sites for hydroxylation is 1. The third-order valence-corrected chi connectivity index (χ3v) is 8.92. The summed E-state index contributed by atoms with van der Waals surface area (Å²) in [6.45, 7) is 6.82. The van der Waals surface area contributed by atoms with Crippen molar-refractivity contribution in [2.24, 2.45) is 5.92 Å². The Labute approximate surface area is 255 Å². The van der Waals surface area contributed by atoms with E-state index in [0.29, 0.717) is 16.9 Å². The molecule has 1 N–H and O–H groups in total. The first-order valence-corrected chi connectivity index (χ1v) is 15.5. The van der Waals surface area contributed by atoms with Gasteiger partial charge in [-0.25, -0.2) is 8.42 Å². The predicted octanol–water partition coefficient (Wildman–Crippen LogP) is 6.44. The summed E-state index contributed by atoms with van der Waals surface area (Å²) in [7, 11) is -4.59. The predicted molar refractivity (Wildman–Crippen MR) is 161 cm³/mol. The van der Waals surface area contributed by atoms with E-state index in [0.717, 1.165) is 23.3 Å². The first kappa shape index (κ1) is 33.9. The Bertz CT molecular complexity index is 1530. The molecule has 0 aliphatic rings. The minimum absolute atomic E-state index is 0.0331. The number of benzene rings is 3. The molecule has 0 radical (unpaired) electrons. The number of hydrogen-bond acceptors (Lipinski definition) is 4. The Hall–Kier alpha value is -3.57. The average Bonchev–Trinajstić information content (AvgIpc) is 2.95. The molecule has 12 heteroatoms. The monoisotopic (exact) mass is 637 g/mol. The van der Waals surface area contributed by atoms with Crippen molar-refractivity contribution in [1.29, 1.82) is 0 Å². The van der Waals surface area contributed by atoms with E-state index in [9.17, 15) is 31.2 Å². The molecule has 7 nitrogen and oxygen atoms in total. The van der Waals surface area contributed by atoms with Gasteiger partial charge in [-0.05, 0) is 60.7 Å². The number of nitrogens with one attached hydrogen (secondary N) is 1. The highest BCUT2D eigenvalue weighted by atomic mass is 35.5. The molecule has 3 aromatic rings. The highest BCUT2D eigenvalue weighted by Gasteiger charge is 2.37. The van der Waals surface area contributed by atoms with Gasteiger partial charge in [0.1, 0.15) is 12.6 Å². The number of carbonyl (C=O) groups is 2. The van der Waals surface area contributed by atoms with Gasteiger partial charge in [-0.3, -0.25) is 13.9 Å². The number of sulfonamides is 1. The molecule has 3 rings (SSSR count). The van der Waals surface area contributed by atoms with Crippen LogP contribution in [-0.2, 0) is 32.3 Å². The van der Waals surface area contributed by atoms with Crippen molar-refractivity contribution in [1.82, 2.24) is 10.2 Å². The smallest absolute Gasteiger partial charge is 0.354 e. The van der Waals surface area contributed by atoms with Gasteiger partial charge in [-0.15, -0.1) is 0 Å². The quantitative estimate of drug-likeness (QED) is 0.248. The fourth-order valence-electron chi connectivity index (χ4n) is 4.43. The molecule has 43 heavy (non-hydrogen) atoms. The fraction of sp³-hybridized carbons (Fsp3) is 0.355. The van der Waals surface area contributed by atoms with Crippen molar-refractivity contribution in [3.63, 3.8) is 0 Å². The van der Waals surface area contributed by atoms with Crippen LogP contribution in [0.3, 0.4) is 0 Å². The molecule has 232 valence electrons. The van der Waals surface area contributed by atoms with Crippen LogP contribution in [0.15, 0.2) is 77.7 Å². The maximum atomic E-state index is 14.1.